The van der Waals surface area contributed by atoms with Crippen molar-refractivity contribution in [3.05, 3.63) is 22.2 Å². The fourth-order valence-corrected chi connectivity index (χ4v) is 2.12. The van der Waals surface area contributed by atoms with E-state index in [2.05, 4.69) is 4.98 Å². The molecule has 0 aromatic carbocycles. The maximum absolute atomic E-state index is 10.8. The van der Waals surface area contributed by atoms with E-state index in [0.29, 0.717) is 18.9 Å². The zero-order valence-corrected chi connectivity index (χ0v) is 10.5. The fraction of sp³-hybridized carbons (Fsp3) is 0.545. The van der Waals surface area contributed by atoms with Crippen molar-refractivity contribution in [1.29, 1.82) is 0 Å². The maximum atomic E-state index is 10.8. The van der Waals surface area contributed by atoms with Crippen LogP contribution in [0.3, 0.4) is 0 Å². The number of nitrogens with zero attached hydrogens (tertiary/aromatic N) is 3. The van der Waals surface area contributed by atoms with Crippen LogP contribution in [0.25, 0.3) is 0 Å². The van der Waals surface area contributed by atoms with Gasteiger partial charge in [0.2, 0.25) is 0 Å². The molecule has 104 valence electrons. The zero-order valence-electron chi connectivity index (χ0n) is 10.5. The molecule has 1 aromatic heterocycles. The summed E-state index contributed by atoms with van der Waals surface area (Å²) >= 11 is 0. The molecule has 1 aliphatic rings. The molecule has 0 bridgehead atoms. The Morgan fingerprint density at radius 3 is 3.00 bits per heavy atom. The quantitative estimate of drug-likeness (QED) is 0.592. The largest absolute Gasteiger partial charge is 0.394 e. The van der Waals surface area contributed by atoms with E-state index in [1.165, 1.54) is 12.1 Å². The average molecular weight is 268 g/mol. The van der Waals surface area contributed by atoms with Crippen LogP contribution in [0.15, 0.2) is 12.1 Å². The summed E-state index contributed by atoms with van der Waals surface area (Å²) < 4.78 is 5.51. The van der Waals surface area contributed by atoms with Gasteiger partial charge in [-0.1, -0.05) is 0 Å². The minimum absolute atomic E-state index is 0.0896. The van der Waals surface area contributed by atoms with Crippen LogP contribution in [0.5, 0.6) is 0 Å². The van der Waals surface area contributed by atoms with E-state index in [0.717, 1.165) is 0 Å². The van der Waals surface area contributed by atoms with Gasteiger partial charge in [-0.15, -0.1) is 0 Å². The van der Waals surface area contributed by atoms with E-state index in [4.69, 9.17) is 15.6 Å². The molecule has 1 aromatic rings. The summed E-state index contributed by atoms with van der Waals surface area (Å²) in [5.74, 6) is 0.532. The van der Waals surface area contributed by atoms with Gasteiger partial charge < -0.3 is 20.5 Å². The third-order valence-corrected chi connectivity index (χ3v) is 2.88. The third kappa shape index (κ3) is 3.09. The number of nitro groups is 1. The van der Waals surface area contributed by atoms with Crippen molar-refractivity contribution < 1.29 is 14.8 Å². The van der Waals surface area contributed by atoms with E-state index < -0.39 is 4.92 Å². The first-order chi connectivity index (χ1) is 8.99. The van der Waals surface area contributed by atoms with Gasteiger partial charge in [0.1, 0.15) is 11.6 Å². The zero-order chi connectivity index (χ0) is 14.0. The van der Waals surface area contributed by atoms with Gasteiger partial charge in [0.15, 0.2) is 0 Å². The molecular weight excluding hydrogens is 252 g/mol. The highest BCUT2D eigenvalue weighted by molar-refractivity contribution is 5.54. The molecule has 0 amide bonds. The first-order valence-electron chi connectivity index (χ1n) is 5.93. The number of aliphatic hydroxyl groups excluding tert-OH is 1. The summed E-state index contributed by atoms with van der Waals surface area (Å²) in [5.41, 5.74) is 5.49. The number of nitrogen functional groups attached to an aromatic ring is 1. The number of ether oxygens (including phenoxy) is 1. The molecule has 0 saturated carbocycles. The van der Waals surface area contributed by atoms with E-state index in [1.54, 1.807) is 0 Å². The highest BCUT2D eigenvalue weighted by Crippen LogP contribution is 2.24. The number of rotatable bonds is 3. The molecule has 2 heterocycles. The number of hydrogen-bond donors (Lipinski definition) is 2. The Hall–Kier alpha value is -1.93. The van der Waals surface area contributed by atoms with E-state index in [1.807, 2.05) is 11.8 Å². The Kier molecular flexibility index (Phi) is 3.82. The van der Waals surface area contributed by atoms with Crippen LogP contribution in [0.4, 0.5) is 17.3 Å². The molecule has 8 nitrogen and oxygen atoms in total. The lowest BCUT2D eigenvalue weighted by molar-refractivity contribution is -0.384. The Bertz CT molecular complexity index is 482. The molecule has 2 unspecified atom stereocenters. The summed E-state index contributed by atoms with van der Waals surface area (Å²) in [4.78, 5) is 16.2. The highest BCUT2D eigenvalue weighted by Gasteiger charge is 2.26. The molecule has 0 aliphatic carbocycles. The van der Waals surface area contributed by atoms with Crippen molar-refractivity contribution in [2.24, 2.45) is 0 Å². The Morgan fingerprint density at radius 1 is 1.63 bits per heavy atom. The van der Waals surface area contributed by atoms with Crippen LogP contribution in [-0.2, 0) is 4.74 Å². The van der Waals surface area contributed by atoms with E-state index in [9.17, 15) is 10.1 Å². The number of nitrogens with two attached hydrogens (primary N) is 1. The van der Waals surface area contributed by atoms with Crippen molar-refractivity contribution in [3.8, 4) is 0 Å². The predicted octanol–water partition coefficient (Wildman–Crippen LogP) is 0.158. The summed E-state index contributed by atoms with van der Waals surface area (Å²) in [6, 6.07) is 2.60. The Labute approximate surface area is 109 Å². The third-order valence-electron chi connectivity index (χ3n) is 2.88. The van der Waals surface area contributed by atoms with Gasteiger partial charge in [0.25, 0.3) is 5.69 Å². The molecular formula is C11H16N4O4. The summed E-state index contributed by atoms with van der Waals surface area (Å²) in [7, 11) is 0. The summed E-state index contributed by atoms with van der Waals surface area (Å²) in [5, 5.41) is 20.0. The van der Waals surface area contributed by atoms with Gasteiger partial charge in [-0.3, -0.25) is 10.1 Å². The SMILES string of the molecule is CC1CN(c2cc([N+](=O)[O-])cc(N)n2)CC(CO)O1. The molecule has 0 spiro atoms. The number of aliphatic hydroxyl groups is 1. The molecule has 8 heteroatoms. The lowest BCUT2D eigenvalue weighted by Gasteiger charge is -2.36. The van der Waals surface area contributed by atoms with Gasteiger partial charge in [0.05, 0.1) is 35.9 Å². The van der Waals surface area contributed by atoms with E-state index >= 15 is 0 Å². The van der Waals surface area contributed by atoms with Crippen LogP contribution in [0.2, 0.25) is 0 Å². The molecule has 2 rings (SSSR count). The number of anilines is 2. The first-order valence-corrected chi connectivity index (χ1v) is 5.93. The van der Waals surface area contributed by atoms with Gasteiger partial charge in [-0.25, -0.2) is 4.98 Å². The lowest BCUT2D eigenvalue weighted by Crippen LogP contribution is -2.48. The van der Waals surface area contributed by atoms with Gasteiger partial charge in [-0.2, -0.15) is 0 Å². The number of hydrogen-bond acceptors (Lipinski definition) is 7. The van der Waals surface area contributed by atoms with Crippen LogP contribution < -0.4 is 10.6 Å². The van der Waals surface area contributed by atoms with Crippen LogP contribution in [0.1, 0.15) is 6.92 Å². The number of pyridine rings is 1. The molecule has 1 fully saturated rings. The Balaban J connectivity index is 2.27. The molecule has 1 aliphatic heterocycles. The monoisotopic (exact) mass is 268 g/mol. The number of morpholine rings is 1. The highest BCUT2D eigenvalue weighted by atomic mass is 16.6. The molecule has 19 heavy (non-hydrogen) atoms. The van der Waals surface area contributed by atoms with Crippen LogP contribution in [-0.4, -0.2) is 46.9 Å². The van der Waals surface area contributed by atoms with Crippen molar-refractivity contribution in [2.75, 3.05) is 30.3 Å². The van der Waals surface area contributed by atoms with E-state index in [-0.39, 0.29) is 30.3 Å². The smallest absolute Gasteiger partial charge is 0.276 e. The molecule has 1 saturated heterocycles. The van der Waals surface area contributed by atoms with Gasteiger partial charge >= 0.3 is 0 Å². The van der Waals surface area contributed by atoms with Crippen molar-refractivity contribution >= 4 is 17.3 Å². The summed E-state index contributed by atoms with van der Waals surface area (Å²) in [6.45, 7) is 2.74. The average Bonchev–Trinajstić information content (AvgIpc) is 2.37. The second-order valence-corrected chi connectivity index (χ2v) is 4.52. The topological polar surface area (TPSA) is 115 Å². The first kappa shape index (κ1) is 13.5. The molecule has 0 radical (unpaired) electrons. The van der Waals surface area contributed by atoms with Crippen molar-refractivity contribution in [3.63, 3.8) is 0 Å². The van der Waals surface area contributed by atoms with Gasteiger partial charge in [0, 0.05) is 13.1 Å². The Morgan fingerprint density at radius 2 is 2.37 bits per heavy atom. The molecule has 3 N–H and O–H groups in total. The van der Waals surface area contributed by atoms with Crippen LogP contribution in [0, 0.1) is 10.1 Å². The van der Waals surface area contributed by atoms with Crippen LogP contribution >= 0.6 is 0 Å². The lowest BCUT2D eigenvalue weighted by atomic mass is 10.2. The fourth-order valence-electron chi connectivity index (χ4n) is 2.12. The minimum atomic E-state index is -0.505. The number of aromatic nitrogens is 1. The second-order valence-electron chi connectivity index (χ2n) is 4.52. The second kappa shape index (κ2) is 5.37. The minimum Gasteiger partial charge on any atom is -0.394 e. The standard InChI is InChI=1S/C11H16N4O4/c1-7-4-14(5-9(6-16)19-7)11-3-8(15(17)18)2-10(12)13-11/h2-3,7,9,16H,4-6H2,1H3,(H2,12,13). The van der Waals surface area contributed by atoms with Crippen molar-refractivity contribution in [1.82, 2.24) is 4.98 Å². The maximum Gasteiger partial charge on any atom is 0.276 e. The van der Waals surface area contributed by atoms with Crippen molar-refractivity contribution in [2.45, 2.75) is 19.1 Å². The van der Waals surface area contributed by atoms with Gasteiger partial charge in [-0.05, 0) is 6.92 Å². The summed E-state index contributed by atoms with van der Waals surface area (Å²) in [6.07, 6.45) is -0.417. The normalized spacial score (nSPS) is 23.4. The molecule has 2 atom stereocenters. The predicted molar refractivity (Wildman–Crippen MR) is 68.9 cm³/mol.